The van der Waals surface area contributed by atoms with E-state index in [0.29, 0.717) is 12.1 Å². The van der Waals surface area contributed by atoms with Crippen molar-refractivity contribution in [1.82, 2.24) is 4.90 Å². The van der Waals surface area contributed by atoms with E-state index in [1.165, 1.54) is 18.2 Å². The van der Waals surface area contributed by atoms with Crippen molar-refractivity contribution >= 4 is 11.6 Å². The molecule has 1 heterocycles. The van der Waals surface area contributed by atoms with Gasteiger partial charge in [0.15, 0.2) is 0 Å². The van der Waals surface area contributed by atoms with Crippen LogP contribution in [0.1, 0.15) is 36.5 Å². The number of nitro benzene ring substituents is 1. The third kappa shape index (κ3) is 2.80. The van der Waals surface area contributed by atoms with Crippen LogP contribution in [0.4, 0.5) is 5.69 Å². The first-order valence-electron chi connectivity index (χ1n) is 6.81. The van der Waals surface area contributed by atoms with Gasteiger partial charge in [0.25, 0.3) is 11.6 Å². The lowest BCUT2D eigenvalue weighted by atomic mass is 9.95. The van der Waals surface area contributed by atoms with E-state index in [0.717, 1.165) is 19.3 Å². The van der Waals surface area contributed by atoms with Crippen molar-refractivity contribution < 1.29 is 9.72 Å². The van der Waals surface area contributed by atoms with Gasteiger partial charge in [0.05, 0.1) is 4.92 Å². The topological polar surface area (TPSA) is 89.5 Å². The van der Waals surface area contributed by atoms with E-state index in [9.17, 15) is 14.9 Å². The summed E-state index contributed by atoms with van der Waals surface area (Å²) >= 11 is 0. The zero-order valence-electron chi connectivity index (χ0n) is 11.5. The highest BCUT2D eigenvalue weighted by atomic mass is 16.6. The van der Waals surface area contributed by atoms with Gasteiger partial charge in [-0.05, 0) is 32.3 Å². The number of non-ortho nitro benzene ring substituents is 1. The highest BCUT2D eigenvalue weighted by molar-refractivity contribution is 5.95. The molecule has 108 valence electrons. The van der Waals surface area contributed by atoms with Crippen LogP contribution in [-0.4, -0.2) is 34.4 Å². The minimum atomic E-state index is -0.489. The number of nitrogens with two attached hydrogens (primary N) is 1. The van der Waals surface area contributed by atoms with E-state index in [1.807, 2.05) is 6.92 Å². The average Bonchev–Trinajstić information content (AvgIpc) is 2.46. The number of piperidine rings is 1. The maximum atomic E-state index is 12.6. The van der Waals surface area contributed by atoms with E-state index < -0.39 is 4.92 Å². The summed E-state index contributed by atoms with van der Waals surface area (Å²) in [5.74, 6) is -0.170. The first-order chi connectivity index (χ1) is 9.54. The van der Waals surface area contributed by atoms with Crippen LogP contribution in [-0.2, 0) is 0 Å². The molecule has 2 atom stereocenters. The number of carbonyl (C=O) groups is 1. The van der Waals surface area contributed by atoms with Crippen LogP contribution >= 0.6 is 0 Å². The van der Waals surface area contributed by atoms with Gasteiger partial charge >= 0.3 is 0 Å². The molecule has 0 aromatic heterocycles. The van der Waals surface area contributed by atoms with Crippen molar-refractivity contribution in [3.63, 3.8) is 0 Å². The van der Waals surface area contributed by atoms with E-state index in [1.54, 1.807) is 11.0 Å². The number of likely N-dealkylation sites (tertiary alicyclic amines) is 1. The van der Waals surface area contributed by atoms with Crippen LogP contribution in [0.25, 0.3) is 0 Å². The third-order valence-electron chi connectivity index (χ3n) is 3.84. The highest BCUT2D eigenvalue weighted by Gasteiger charge is 2.31. The van der Waals surface area contributed by atoms with Gasteiger partial charge in [0.2, 0.25) is 0 Å². The van der Waals surface area contributed by atoms with Crippen LogP contribution in [0, 0.1) is 10.1 Å². The molecule has 0 saturated carbocycles. The maximum absolute atomic E-state index is 12.6. The molecule has 2 rings (SSSR count). The van der Waals surface area contributed by atoms with Gasteiger partial charge in [0, 0.05) is 36.3 Å². The molecular weight excluding hydrogens is 258 g/mol. The molecular formula is C14H19N3O3. The Morgan fingerprint density at radius 1 is 1.50 bits per heavy atom. The highest BCUT2D eigenvalue weighted by Crippen LogP contribution is 2.25. The zero-order chi connectivity index (χ0) is 14.7. The molecule has 1 aromatic rings. The van der Waals surface area contributed by atoms with E-state index in [-0.39, 0.29) is 23.7 Å². The van der Waals surface area contributed by atoms with Crippen LogP contribution < -0.4 is 5.73 Å². The predicted octanol–water partition coefficient (Wildman–Crippen LogP) is 1.94. The van der Waals surface area contributed by atoms with Gasteiger partial charge in [-0.1, -0.05) is 6.07 Å². The molecule has 0 radical (unpaired) electrons. The molecule has 0 spiro atoms. The summed E-state index contributed by atoms with van der Waals surface area (Å²) in [6.07, 6.45) is 2.89. The van der Waals surface area contributed by atoms with Crippen molar-refractivity contribution in [2.75, 3.05) is 6.54 Å². The lowest BCUT2D eigenvalue weighted by molar-refractivity contribution is -0.384. The smallest absolute Gasteiger partial charge is 0.270 e. The summed E-state index contributed by atoms with van der Waals surface area (Å²) in [6, 6.07) is 6.00. The summed E-state index contributed by atoms with van der Waals surface area (Å²) in [7, 11) is 0. The summed E-state index contributed by atoms with van der Waals surface area (Å²) in [5.41, 5.74) is 6.04. The van der Waals surface area contributed by atoms with Crippen molar-refractivity contribution in [1.29, 1.82) is 0 Å². The number of hydrogen-bond acceptors (Lipinski definition) is 4. The number of benzene rings is 1. The zero-order valence-corrected chi connectivity index (χ0v) is 11.5. The fourth-order valence-corrected chi connectivity index (χ4v) is 2.79. The number of amides is 1. The molecule has 0 aliphatic carbocycles. The monoisotopic (exact) mass is 277 g/mol. The summed E-state index contributed by atoms with van der Waals surface area (Å²) in [6.45, 7) is 2.42. The van der Waals surface area contributed by atoms with Crippen molar-refractivity contribution in [3.05, 3.63) is 39.9 Å². The van der Waals surface area contributed by atoms with E-state index in [2.05, 4.69) is 0 Å². The molecule has 0 bridgehead atoms. The fraction of sp³-hybridized carbons (Fsp3) is 0.500. The van der Waals surface area contributed by atoms with Crippen LogP contribution in [0.15, 0.2) is 24.3 Å². The van der Waals surface area contributed by atoms with Crippen LogP contribution in [0.2, 0.25) is 0 Å². The summed E-state index contributed by atoms with van der Waals surface area (Å²) in [5, 5.41) is 10.8. The fourth-order valence-electron chi connectivity index (χ4n) is 2.79. The molecule has 1 aromatic carbocycles. The van der Waals surface area contributed by atoms with Crippen molar-refractivity contribution in [2.45, 2.75) is 38.3 Å². The minimum absolute atomic E-state index is 0.0190. The second kappa shape index (κ2) is 6.00. The van der Waals surface area contributed by atoms with Gasteiger partial charge in [-0.25, -0.2) is 0 Å². The van der Waals surface area contributed by atoms with E-state index in [4.69, 9.17) is 5.73 Å². The van der Waals surface area contributed by atoms with Crippen molar-refractivity contribution in [2.24, 2.45) is 5.73 Å². The molecule has 1 aliphatic heterocycles. The Morgan fingerprint density at radius 3 is 2.90 bits per heavy atom. The van der Waals surface area contributed by atoms with Crippen molar-refractivity contribution in [3.8, 4) is 0 Å². The Labute approximate surface area is 117 Å². The molecule has 2 unspecified atom stereocenters. The minimum Gasteiger partial charge on any atom is -0.332 e. The average molecular weight is 277 g/mol. The molecule has 1 fully saturated rings. The van der Waals surface area contributed by atoms with Gasteiger partial charge in [-0.3, -0.25) is 14.9 Å². The number of nitrogens with zero attached hydrogens (tertiary/aromatic N) is 2. The summed E-state index contributed by atoms with van der Waals surface area (Å²) in [4.78, 5) is 24.7. The van der Waals surface area contributed by atoms with Gasteiger partial charge in [-0.15, -0.1) is 0 Å². The molecule has 1 saturated heterocycles. The molecule has 1 amide bonds. The molecule has 2 N–H and O–H groups in total. The molecule has 1 aliphatic rings. The Kier molecular flexibility index (Phi) is 4.34. The van der Waals surface area contributed by atoms with Crippen LogP contribution in [0.3, 0.4) is 0 Å². The van der Waals surface area contributed by atoms with Gasteiger partial charge in [0.1, 0.15) is 0 Å². The molecule has 6 heteroatoms. The SMILES string of the molecule is CC1CCCC(CN)N1C(=O)c1cccc([N+](=O)[O-])c1. The third-order valence-corrected chi connectivity index (χ3v) is 3.84. The Morgan fingerprint density at radius 2 is 2.25 bits per heavy atom. The number of rotatable bonds is 3. The Balaban J connectivity index is 2.29. The lowest BCUT2D eigenvalue weighted by Gasteiger charge is -2.40. The maximum Gasteiger partial charge on any atom is 0.270 e. The first-order valence-corrected chi connectivity index (χ1v) is 6.81. The second-order valence-electron chi connectivity index (χ2n) is 5.19. The van der Waals surface area contributed by atoms with E-state index >= 15 is 0 Å². The first kappa shape index (κ1) is 14.5. The number of nitro groups is 1. The standard InChI is InChI=1S/C14H19N3O3/c1-10-4-2-7-13(9-15)16(10)14(18)11-5-3-6-12(8-11)17(19)20/h3,5-6,8,10,13H,2,4,7,9,15H2,1H3. The molecule has 6 nitrogen and oxygen atoms in total. The normalized spacial score (nSPS) is 22.6. The largest absolute Gasteiger partial charge is 0.332 e. The van der Waals surface area contributed by atoms with Crippen LogP contribution in [0.5, 0.6) is 0 Å². The second-order valence-corrected chi connectivity index (χ2v) is 5.19. The number of carbonyl (C=O) groups excluding carboxylic acids is 1. The Hall–Kier alpha value is -1.95. The van der Waals surface area contributed by atoms with Gasteiger partial charge < -0.3 is 10.6 Å². The molecule has 20 heavy (non-hydrogen) atoms. The summed E-state index contributed by atoms with van der Waals surface area (Å²) < 4.78 is 0. The predicted molar refractivity (Wildman–Crippen MR) is 75.4 cm³/mol. The quantitative estimate of drug-likeness (QED) is 0.675. The Bertz CT molecular complexity index is 518. The lowest BCUT2D eigenvalue weighted by Crippen LogP contribution is -2.51. The van der Waals surface area contributed by atoms with Gasteiger partial charge in [-0.2, -0.15) is 0 Å². The number of hydrogen-bond donors (Lipinski definition) is 1.